The minimum absolute atomic E-state index is 0.129. The highest BCUT2D eigenvalue weighted by Gasteiger charge is 2.26. The van der Waals surface area contributed by atoms with Gasteiger partial charge in [-0.1, -0.05) is 29.8 Å². The van der Waals surface area contributed by atoms with E-state index < -0.39 is 0 Å². The van der Waals surface area contributed by atoms with Crippen LogP contribution in [0.15, 0.2) is 22.7 Å². The highest BCUT2D eigenvalue weighted by atomic mass is 79.9. The third kappa shape index (κ3) is 3.69. The lowest BCUT2D eigenvalue weighted by molar-refractivity contribution is 0.321. The quantitative estimate of drug-likeness (QED) is 0.904. The molecule has 106 valence electrons. The number of nitrogens with zero attached hydrogens (tertiary/aromatic N) is 1. The first-order valence-corrected chi connectivity index (χ1v) is 7.84. The summed E-state index contributed by atoms with van der Waals surface area (Å²) in [7, 11) is 0. The molecule has 1 N–H and O–H groups in total. The smallest absolute Gasteiger partial charge is 0.146 e. The van der Waals surface area contributed by atoms with Gasteiger partial charge in [0.1, 0.15) is 5.82 Å². The van der Waals surface area contributed by atoms with Crippen molar-refractivity contribution in [3.63, 3.8) is 0 Å². The maximum Gasteiger partial charge on any atom is 0.146 e. The molecule has 0 saturated carbocycles. The molecular weight excluding hydrogens is 307 g/mol. The zero-order valence-electron chi connectivity index (χ0n) is 11.6. The van der Waals surface area contributed by atoms with Crippen molar-refractivity contribution >= 4 is 21.6 Å². The first-order chi connectivity index (χ1) is 9.11. The van der Waals surface area contributed by atoms with Crippen LogP contribution in [-0.2, 0) is 0 Å². The van der Waals surface area contributed by atoms with Gasteiger partial charge in [0, 0.05) is 23.6 Å². The van der Waals surface area contributed by atoms with E-state index in [9.17, 15) is 4.39 Å². The number of piperidine rings is 1. The van der Waals surface area contributed by atoms with Crippen molar-refractivity contribution in [2.24, 2.45) is 5.92 Å². The molecule has 1 heterocycles. The number of rotatable bonds is 4. The van der Waals surface area contributed by atoms with E-state index in [2.05, 4.69) is 40.0 Å². The summed E-state index contributed by atoms with van der Waals surface area (Å²) < 4.78 is 14.8. The van der Waals surface area contributed by atoms with E-state index in [1.54, 1.807) is 6.07 Å². The number of anilines is 1. The Hall–Kier alpha value is -0.610. The van der Waals surface area contributed by atoms with Crippen molar-refractivity contribution in [1.82, 2.24) is 5.32 Å². The molecule has 1 aromatic carbocycles. The van der Waals surface area contributed by atoms with Gasteiger partial charge in [0.25, 0.3) is 0 Å². The number of hydrogen-bond acceptors (Lipinski definition) is 2. The van der Waals surface area contributed by atoms with Crippen LogP contribution in [0.5, 0.6) is 0 Å². The van der Waals surface area contributed by atoms with Gasteiger partial charge < -0.3 is 10.2 Å². The first kappa shape index (κ1) is 14.8. The minimum Gasteiger partial charge on any atom is -0.369 e. The second-order valence-corrected chi connectivity index (χ2v) is 6.28. The van der Waals surface area contributed by atoms with E-state index in [4.69, 9.17) is 0 Å². The number of hydrogen-bond donors (Lipinski definition) is 1. The topological polar surface area (TPSA) is 15.3 Å². The van der Waals surface area contributed by atoms with Gasteiger partial charge in [-0.05, 0) is 43.5 Å². The van der Waals surface area contributed by atoms with Crippen LogP contribution < -0.4 is 10.2 Å². The van der Waals surface area contributed by atoms with Gasteiger partial charge in [-0.15, -0.1) is 0 Å². The van der Waals surface area contributed by atoms with Gasteiger partial charge in [0.2, 0.25) is 0 Å². The molecule has 0 amide bonds. The fraction of sp³-hybridized carbons (Fsp3) is 0.600. The first-order valence-electron chi connectivity index (χ1n) is 7.05. The summed E-state index contributed by atoms with van der Waals surface area (Å²) in [6, 6.07) is 5.72. The Labute approximate surface area is 123 Å². The summed E-state index contributed by atoms with van der Waals surface area (Å²) in [5.74, 6) is 0.411. The Balaban J connectivity index is 2.03. The Morgan fingerprint density at radius 1 is 1.47 bits per heavy atom. The number of nitrogens with one attached hydrogen (secondary N) is 1. The third-order valence-electron chi connectivity index (χ3n) is 3.81. The van der Waals surface area contributed by atoms with Crippen LogP contribution in [0.3, 0.4) is 0 Å². The van der Waals surface area contributed by atoms with Crippen molar-refractivity contribution in [2.75, 3.05) is 24.5 Å². The summed E-state index contributed by atoms with van der Waals surface area (Å²) in [5.41, 5.74) is 0.718. The highest BCUT2D eigenvalue weighted by molar-refractivity contribution is 9.10. The molecule has 1 saturated heterocycles. The van der Waals surface area contributed by atoms with E-state index in [0.29, 0.717) is 12.0 Å². The normalized spacial score (nSPS) is 23.7. The predicted molar refractivity (Wildman–Crippen MR) is 82.2 cm³/mol. The summed E-state index contributed by atoms with van der Waals surface area (Å²) in [6.45, 7) is 7.33. The standard InChI is InChI=1S/C15H22BrFN2/c1-3-7-18-14-6-8-19(10-11(14)2)15-9-12(16)4-5-13(15)17/h4-5,9,11,14,18H,3,6-8,10H2,1-2H3. The largest absolute Gasteiger partial charge is 0.369 e. The Morgan fingerprint density at radius 2 is 2.26 bits per heavy atom. The van der Waals surface area contributed by atoms with Gasteiger partial charge >= 0.3 is 0 Å². The molecule has 1 aliphatic heterocycles. The molecule has 2 nitrogen and oxygen atoms in total. The lowest BCUT2D eigenvalue weighted by Crippen LogP contribution is -2.48. The van der Waals surface area contributed by atoms with Gasteiger partial charge in [0.15, 0.2) is 0 Å². The van der Waals surface area contributed by atoms with E-state index >= 15 is 0 Å². The fourth-order valence-corrected chi connectivity index (χ4v) is 3.07. The summed E-state index contributed by atoms with van der Waals surface area (Å²) >= 11 is 3.42. The van der Waals surface area contributed by atoms with Crippen LogP contribution in [0, 0.1) is 11.7 Å². The maximum atomic E-state index is 13.9. The molecule has 1 fully saturated rings. The lowest BCUT2D eigenvalue weighted by atomic mass is 9.93. The summed E-state index contributed by atoms with van der Waals surface area (Å²) in [4.78, 5) is 2.16. The zero-order chi connectivity index (χ0) is 13.8. The molecule has 1 aliphatic rings. The monoisotopic (exact) mass is 328 g/mol. The van der Waals surface area contributed by atoms with Crippen molar-refractivity contribution in [3.05, 3.63) is 28.5 Å². The molecule has 0 aromatic heterocycles. The average Bonchev–Trinajstić information content (AvgIpc) is 2.40. The van der Waals surface area contributed by atoms with Crippen LogP contribution in [0.25, 0.3) is 0 Å². The minimum atomic E-state index is -0.129. The fourth-order valence-electron chi connectivity index (χ4n) is 2.73. The van der Waals surface area contributed by atoms with Crippen LogP contribution in [0.2, 0.25) is 0 Å². The van der Waals surface area contributed by atoms with Crippen molar-refractivity contribution in [2.45, 2.75) is 32.7 Å². The van der Waals surface area contributed by atoms with Crippen LogP contribution in [0.1, 0.15) is 26.7 Å². The Bertz CT molecular complexity index is 425. The predicted octanol–water partition coefficient (Wildman–Crippen LogP) is 3.80. The van der Waals surface area contributed by atoms with E-state index in [0.717, 1.165) is 42.6 Å². The molecule has 0 radical (unpaired) electrons. The van der Waals surface area contributed by atoms with Crippen molar-refractivity contribution in [3.8, 4) is 0 Å². The highest BCUT2D eigenvalue weighted by Crippen LogP contribution is 2.28. The van der Waals surface area contributed by atoms with Gasteiger partial charge in [-0.25, -0.2) is 4.39 Å². The molecule has 2 atom stereocenters. The van der Waals surface area contributed by atoms with Gasteiger partial charge in [-0.2, -0.15) is 0 Å². The molecule has 1 aromatic rings. The third-order valence-corrected chi connectivity index (χ3v) is 4.30. The van der Waals surface area contributed by atoms with Crippen LogP contribution in [-0.4, -0.2) is 25.7 Å². The van der Waals surface area contributed by atoms with E-state index in [-0.39, 0.29) is 5.82 Å². The second-order valence-electron chi connectivity index (χ2n) is 5.37. The molecule has 0 aliphatic carbocycles. The number of benzene rings is 1. The Kier molecular flexibility index (Phi) is 5.22. The van der Waals surface area contributed by atoms with Crippen molar-refractivity contribution < 1.29 is 4.39 Å². The average molecular weight is 329 g/mol. The van der Waals surface area contributed by atoms with E-state index in [1.807, 2.05) is 6.07 Å². The Morgan fingerprint density at radius 3 is 2.95 bits per heavy atom. The molecule has 4 heteroatoms. The van der Waals surface area contributed by atoms with Crippen molar-refractivity contribution in [1.29, 1.82) is 0 Å². The van der Waals surface area contributed by atoms with Gasteiger partial charge in [-0.3, -0.25) is 0 Å². The molecule has 19 heavy (non-hydrogen) atoms. The van der Waals surface area contributed by atoms with Crippen LogP contribution >= 0.6 is 15.9 Å². The molecule has 0 spiro atoms. The second kappa shape index (κ2) is 6.71. The molecular formula is C15H22BrFN2. The summed E-state index contributed by atoms with van der Waals surface area (Å²) in [6.07, 6.45) is 2.24. The van der Waals surface area contributed by atoms with Crippen LogP contribution in [0.4, 0.5) is 10.1 Å². The SMILES string of the molecule is CCCNC1CCN(c2cc(Br)ccc2F)CC1C. The molecule has 2 unspecified atom stereocenters. The molecule has 0 bridgehead atoms. The van der Waals surface area contributed by atoms with E-state index in [1.165, 1.54) is 6.07 Å². The zero-order valence-corrected chi connectivity index (χ0v) is 13.2. The number of halogens is 2. The lowest BCUT2D eigenvalue weighted by Gasteiger charge is -2.39. The summed E-state index contributed by atoms with van der Waals surface area (Å²) in [5, 5.41) is 3.59. The van der Waals surface area contributed by atoms with Gasteiger partial charge in [0.05, 0.1) is 5.69 Å². The maximum absolute atomic E-state index is 13.9. The molecule has 2 rings (SSSR count).